The molecular formula is C22H22N2O8. The lowest BCUT2D eigenvalue weighted by atomic mass is 9.52. The number of hydrogen-bond donors (Lipinski definition) is 5. The Morgan fingerprint density at radius 1 is 1.09 bits per heavy atom. The van der Waals surface area contributed by atoms with Gasteiger partial charge in [-0.2, -0.15) is 0 Å². The molecule has 0 aromatic heterocycles. The molecule has 1 amide bonds. The summed E-state index contributed by atoms with van der Waals surface area (Å²) in [5, 5.41) is 44.9. The maximum absolute atomic E-state index is 14.1. The predicted molar refractivity (Wildman–Crippen MR) is 106 cm³/mol. The summed E-state index contributed by atoms with van der Waals surface area (Å²) in [6.45, 7) is 1.38. The van der Waals surface area contributed by atoms with Crippen molar-refractivity contribution in [1.82, 2.24) is 4.90 Å². The van der Waals surface area contributed by atoms with E-state index in [-0.39, 0.29) is 17.5 Å². The van der Waals surface area contributed by atoms with E-state index in [1.165, 1.54) is 44.1 Å². The third-order valence-electron chi connectivity index (χ3n) is 8.28. The number of likely N-dealkylation sites (N-methyl/N-ethyl adjacent to an activating group) is 1. The number of carbonyl (C=O) groups excluding carboxylic acids is 4. The fourth-order valence-corrected chi connectivity index (χ4v) is 7.26. The lowest BCUT2D eigenvalue weighted by molar-refractivity contribution is -0.164. The Kier molecular flexibility index (Phi) is 3.54. The van der Waals surface area contributed by atoms with Crippen LogP contribution in [0.2, 0.25) is 0 Å². The molecule has 10 heteroatoms. The molecule has 2 unspecified atom stereocenters. The van der Waals surface area contributed by atoms with E-state index in [0.29, 0.717) is 0 Å². The van der Waals surface area contributed by atoms with Gasteiger partial charge in [0.25, 0.3) is 5.91 Å². The van der Waals surface area contributed by atoms with Gasteiger partial charge in [-0.1, -0.05) is 12.1 Å². The van der Waals surface area contributed by atoms with E-state index in [0.717, 1.165) is 0 Å². The summed E-state index contributed by atoms with van der Waals surface area (Å²) < 4.78 is 0. The number of aliphatic hydroxyl groups is 3. The Labute approximate surface area is 181 Å². The van der Waals surface area contributed by atoms with E-state index in [9.17, 15) is 39.6 Å². The number of rotatable bonds is 2. The Balaban J connectivity index is 2.00. The molecule has 0 saturated heterocycles. The van der Waals surface area contributed by atoms with Crippen molar-refractivity contribution in [3.8, 4) is 5.75 Å². The first-order valence-corrected chi connectivity index (χ1v) is 10.1. The molecule has 0 heterocycles. The number of fused-ring (bicyclic) bond motifs is 1. The number of ketones is 3. The topological polar surface area (TPSA) is 178 Å². The number of nitrogens with two attached hydrogens (primary N) is 1. The van der Waals surface area contributed by atoms with Crippen molar-refractivity contribution in [2.45, 2.75) is 30.1 Å². The van der Waals surface area contributed by atoms with Gasteiger partial charge in [-0.15, -0.1) is 0 Å². The fourth-order valence-electron chi connectivity index (χ4n) is 7.26. The van der Waals surface area contributed by atoms with Gasteiger partial charge in [0.1, 0.15) is 28.0 Å². The average Bonchev–Trinajstić information content (AvgIpc) is 3.11. The molecule has 1 spiro atoms. The van der Waals surface area contributed by atoms with Crippen molar-refractivity contribution in [3.05, 3.63) is 40.7 Å². The van der Waals surface area contributed by atoms with Crippen LogP contribution < -0.4 is 5.73 Å². The van der Waals surface area contributed by atoms with Gasteiger partial charge in [-0.25, -0.2) is 0 Å². The van der Waals surface area contributed by atoms with Crippen LogP contribution >= 0.6 is 0 Å². The fraction of sp³-hybridized carbons (Fsp3) is 0.455. The molecule has 6 N–H and O–H groups in total. The summed E-state index contributed by atoms with van der Waals surface area (Å²) in [7, 11) is 2.87. The van der Waals surface area contributed by atoms with Crippen LogP contribution in [0.4, 0.5) is 0 Å². The summed E-state index contributed by atoms with van der Waals surface area (Å²) in [4.78, 5) is 54.7. The molecule has 168 valence electrons. The smallest absolute Gasteiger partial charge is 0.255 e. The lowest BCUT2D eigenvalue weighted by Gasteiger charge is -2.52. The van der Waals surface area contributed by atoms with Gasteiger partial charge in [-0.3, -0.25) is 24.1 Å². The van der Waals surface area contributed by atoms with Gasteiger partial charge in [-0.05, 0) is 39.1 Å². The maximum Gasteiger partial charge on any atom is 0.255 e. The van der Waals surface area contributed by atoms with Crippen LogP contribution in [0.1, 0.15) is 29.3 Å². The van der Waals surface area contributed by atoms with Crippen LogP contribution in [0.3, 0.4) is 0 Å². The molecular weight excluding hydrogens is 420 g/mol. The second-order valence-electron chi connectivity index (χ2n) is 9.50. The predicted octanol–water partition coefficient (Wildman–Crippen LogP) is -1.09. The van der Waals surface area contributed by atoms with Gasteiger partial charge >= 0.3 is 0 Å². The molecule has 0 aliphatic heterocycles. The molecule has 1 aromatic carbocycles. The number of amides is 1. The largest absolute Gasteiger partial charge is 0.509 e. The van der Waals surface area contributed by atoms with E-state index in [2.05, 4.69) is 0 Å². The van der Waals surface area contributed by atoms with Crippen LogP contribution in [-0.2, 0) is 20.0 Å². The summed E-state index contributed by atoms with van der Waals surface area (Å²) in [6.07, 6.45) is -0.184. The molecule has 6 atom stereocenters. The van der Waals surface area contributed by atoms with Crippen LogP contribution in [0, 0.1) is 17.3 Å². The molecule has 32 heavy (non-hydrogen) atoms. The van der Waals surface area contributed by atoms with Crippen LogP contribution in [0.15, 0.2) is 29.5 Å². The van der Waals surface area contributed by atoms with Gasteiger partial charge in [0.2, 0.25) is 5.78 Å². The molecule has 1 aromatic rings. The number of phenolic OH excluding ortho intramolecular Hbond substituents is 1. The number of benzene rings is 1. The van der Waals surface area contributed by atoms with E-state index in [1.807, 2.05) is 0 Å². The maximum atomic E-state index is 14.1. The van der Waals surface area contributed by atoms with Crippen LogP contribution in [0.5, 0.6) is 5.75 Å². The van der Waals surface area contributed by atoms with Gasteiger partial charge in [0.05, 0.1) is 11.2 Å². The van der Waals surface area contributed by atoms with Crippen molar-refractivity contribution in [3.63, 3.8) is 0 Å². The zero-order valence-corrected chi connectivity index (χ0v) is 17.5. The summed E-state index contributed by atoms with van der Waals surface area (Å²) in [5.41, 5.74) is -4.90. The number of aromatic hydroxyl groups is 1. The average molecular weight is 442 g/mol. The number of nitrogens with zero attached hydrogens (tertiary/aromatic N) is 1. The Morgan fingerprint density at radius 2 is 1.72 bits per heavy atom. The molecule has 4 bridgehead atoms. The van der Waals surface area contributed by atoms with Crippen molar-refractivity contribution in [2.24, 2.45) is 23.0 Å². The van der Waals surface area contributed by atoms with Crippen LogP contribution in [-0.4, -0.2) is 73.8 Å². The number of carbonyl (C=O) groups is 4. The van der Waals surface area contributed by atoms with Gasteiger partial charge in [0.15, 0.2) is 17.2 Å². The van der Waals surface area contributed by atoms with Crippen molar-refractivity contribution < 1.29 is 39.6 Å². The first-order chi connectivity index (χ1) is 14.8. The zero-order chi connectivity index (χ0) is 23.8. The highest BCUT2D eigenvalue weighted by atomic mass is 16.3. The molecule has 4 aliphatic carbocycles. The Morgan fingerprint density at radius 3 is 2.28 bits per heavy atom. The minimum absolute atomic E-state index is 0.0961. The second kappa shape index (κ2) is 5.45. The molecule has 0 radical (unpaired) electrons. The standard InChI is InChI=1S/C22H22N2O8/c1-19(31)8-5-4-6-9(25)12(8)14(26)20-10(19)7-11-21(32,18(20)30)15(27)13(17(23)29)16(28)22(11,20)24(2)3/h4-6,10-11,25,28,31-32H,7H2,1-3H3,(H2,23,29)/t10?,11-,19-,20?,21-,22+/m1/s1. The highest BCUT2D eigenvalue weighted by Crippen LogP contribution is 2.76. The van der Waals surface area contributed by atoms with E-state index >= 15 is 0 Å². The number of Topliss-reactive ketones (excluding diaryl/α,β-unsaturated/α-hetero) is 3. The molecule has 2 fully saturated rings. The minimum Gasteiger partial charge on any atom is -0.509 e. The van der Waals surface area contributed by atoms with Crippen molar-refractivity contribution in [1.29, 1.82) is 0 Å². The first kappa shape index (κ1) is 20.8. The quantitative estimate of drug-likeness (QED) is 0.281. The summed E-state index contributed by atoms with van der Waals surface area (Å²) in [6, 6.07) is 4.12. The normalized spacial score (nSPS) is 41.9. The molecule has 2 saturated carbocycles. The van der Waals surface area contributed by atoms with Crippen LogP contribution in [0.25, 0.3) is 0 Å². The third kappa shape index (κ3) is 1.61. The number of primary amides is 1. The van der Waals surface area contributed by atoms with Gasteiger partial charge < -0.3 is 26.2 Å². The highest BCUT2D eigenvalue weighted by Gasteiger charge is 2.92. The third-order valence-corrected chi connectivity index (χ3v) is 8.28. The highest BCUT2D eigenvalue weighted by molar-refractivity contribution is 6.37. The van der Waals surface area contributed by atoms with Crippen molar-refractivity contribution in [2.75, 3.05) is 14.1 Å². The number of aliphatic hydroxyl groups excluding tert-OH is 1. The number of hydrogen-bond acceptors (Lipinski definition) is 9. The van der Waals surface area contributed by atoms with Crippen molar-refractivity contribution >= 4 is 23.3 Å². The molecule has 5 rings (SSSR count). The minimum atomic E-state index is -2.80. The Bertz CT molecular complexity index is 1220. The van der Waals surface area contributed by atoms with E-state index < -0.39 is 74.3 Å². The molecule has 4 aliphatic rings. The van der Waals surface area contributed by atoms with E-state index in [4.69, 9.17) is 5.73 Å². The number of phenols is 1. The monoisotopic (exact) mass is 442 g/mol. The Hall–Kier alpha value is -3.08. The summed E-state index contributed by atoms with van der Waals surface area (Å²) in [5.74, 6) is -8.76. The second-order valence-corrected chi connectivity index (χ2v) is 9.50. The van der Waals surface area contributed by atoms with E-state index in [1.54, 1.807) is 0 Å². The molecule has 10 nitrogen and oxygen atoms in total. The van der Waals surface area contributed by atoms with Gasteiger partial charge in [0, 0.05) is 11.8 Å². The first-order valence-electron chi connectivity index (χ1n) is 10.1. The lowest BCUT2D eigenvalue weighted by Crippen LogP contribution is -2.67. The zero-order valence-electron chi connectivity index (χ0n) is 17.5. The summed E-state index contributed by atoms with van der Waals surface area (Å²) >= 11 is 0. The SMILES string of the molecule is CN(C)[C@@]12C(O)=C(C(N)=O)C(=O)[C@@]3(O)C(=O)C14C(=O)c1c(O)cccc1[C@@](C)(O)C4C[C@H]32.